The van der Waals surface area contributed by atoms with Crippen LogP contribution in [-0.2, 0) is 9.59 Å². The summed E-state index contributed by atoms with van der Waals surface area (Å²) in [6.45, 7) is 0.962. The van der Waals surface area contributed by atoms with Gasteiger partial charge in [0.15, 0.2) is 0 Å². The molecule has 6 heteroatoms. The van der Waals surface area contributed by atoms with Gasteiger partial charge < -0.3 is 5.11 Å². The molecule has 0 unspecified atom stereocenters. The van der Waals surface area contributed by atoms with E-state index in [1.54, 1.807) is 0 Å². The van der Waals surface area contributed by atoms with Crippen LogP contribution in [0.15, 0.2) is 24.3 Å². The minimum absolute atomic E-state index is 0.136. The Balaban J connectivity index is 2.85. The first kappa shape index (κ1) is 13.8. The lowest BCUT2D eigenvalue weighted by Gasteiger charge is -2.18. The van der Waals surface area contributed by atoms with Gasteiger partial charge in [-0.2, -0.15) is 0 Å². The summed E-state index contributed by atoms with van der Waals surface area (Å²) in [5.74, 6) is -2.78. The normalized spacial score (nSPS) is 9.89. The third-order valence-electron chi connectivity index (χ3n) is 2.27. The zero-order chi connectivity index (χ0) is 13.7. The summed E-state index contributed by atoms with van der Waals surface area (Å²) in [4.78, 5) is 34.4. The predicted molar refractivity (Wildman–Crippen MR) is 60.4 cm³/mol. The molecule has 0 aromatic heterocycles. The van der Waals surface area contributed by atoms with E-state index in [0.717, 1.165) is 17.0 Å². The number of benzene rings is 1. The molecule has 1 rings (SSSR count). The number of carbonyl (C=O) groups is 3. The Labute approximate surface area is 103 Å². The highest BCUT2D eigenvalue weighted by Crippen LogP contribution is 2.08. The van der Waals surface area contributed by atoms with Crippen LogP contribution in [0.4, 0.5) is 4.39 Å². The van der Waals surface area contributed by atoms with Gasteiger partial charge in [-0.05, 0) is 24.3 Å². The smallest absolute Gasteiger partial charge is 0.305 e. The highest BCUT2D eigenvalue weighted by molar-refractivity contribution is 6.04. The van der Waals surface area contributed by atoms with Crippen LogP contribution in [0.5, 0.6) is 0 Å². The maximum absolute atomic E-state index is 12.7. The van der Waals surface area contributed by atoms with Crippen molar-refractivity contribution in [1.82, 2.24) is 4.90 Å². The molecule has 0 aliphatic rings. The van der Waals surface area contributed by atoms with Gasteiger partial charge in [-0.3, -0.25) is 19.3 Å². The van der Waals surface area contributed by atoms with Crippen molar-refractivity contribution in [3.05, 3.63) is 35.6 Å². The van der Waals surface area contributed by atoms with Crippen LogP contribution in [0.2, 0.25) is 0 Å². The third-order valence-corrected chi connectivity index (χ3v) is 2.27. The van der Waals surface area contributed by atoms with Crippen molar-refractivity contribution < 1.29 is 23.9 Å². The van der Waals surface area contributed by atoms with Gasteiger partial charge in [0.25, 0.3) is 5.91 Å². The maximum Gasteiger partial charge on any atom is 0.305 e. The molecule has 5 nitrogen and oxygen atoms in total. The van der Waals surface area contributed by atoms with Crippen molar-refractivity contribution in [3.8, 4) is 0 Å². The van der Waals surface area contributed by atoms with E-state index in [2.05, 4.69) is 0 Å². The second-order valence-electron chi connectivity index (χ2n) is 3.63. The third kappa shape index (κ3) is 3.65. The lowest BCUT2D eigenvalue weighted by atomic mass is 10.2. The molecule has 0 atom stereocenters. The summed E-state index contributed by atoms with van der Waals surface area (Å²) in [6, 6.07) is 4.69. The Kier molecular flexibility index (Phi) is 4.53. The van der Waals surface area contributed by atoms with Crippen LogP contribution in [-0.4, -0.2) is 34.3 Å². The Morgan fingerprint density at radius 3 is 2.22 bits per heavy atom. The standard InChI is InChI=1S/C12H12FNO4/c1-8(15)14(7-6-11(16)17)12(18)9-2-4-10(13)5-3-9/h2-5H,6-7H2,1H3,(H,16,17). The highest BCUT2D eigenvalue weighted by Gasteiger charge is 2.20. The summed E-state index contributed by atoms with van der Waals surface area (Å²) in [7, 11) is 0. The largest absolute Gasteiger partial charge is 0.481 e. The minimum atomic E-state index is -1.10. The number of carbonyl (C=O) groups excluding carboxylic acids is 2. The molecule has 0 aliphatic carbocycles. The number of carboxylic acids is 1. The van der Waals surface area contributed by atoms with E-state index < -0.39 is 23.6 Å². The number of rotatable bonds is 4. The Morgan fingerprint density at radius 2 is 1.78 bits per heavy atom. The SMILES string of the molecule is CC(=O)N(CCC(=O)O)C(=O)c1ccc(F)cc1. The zero-order valence-electron chi connectivity index (χ0n) is 9.72. The van der Waals surface area contributed by atoms with Gasteiger partial charge >= 0.3 is 5.97 Å². The molecule has 1 N–H and O–H groups in total. The molecule has 0 aliphatic heterocycles. The number of carboxylic acid groups (broad SMARTS) is 1. The monoisotopic (exact) mass is 253 g/mol. The number of amides is 2. The topological polar surface area (TPSA) is 74.7 Å². The molecule has 0 fully saturated rings. The first-order valence-corrected chi connectivity index (χ1v) is 5.21. The average molecular weight is 253 g/mol. The van der Waals surface area contributed by atoms with Crippen LogP contribution in [0.1, 0.15) is 23.7 Å². The molecule has 0 saturated heterocycles. The minimum Gasteiger partial charge on any atom is -0.481 e. The summed E-state index contributed by atoms with van der Waals surface area (Å²) in [5.41, 5.74) is 0.136. The van der Waals surface area contributed by atoms with Gasteiger partial charge in [0.1, 0.15) is 5.82 Å². The Morgan fingerprint density at radius 1 is 1.22 bits per heavy atom. The van der Waals surface area contributed by atoms with Crippen LogP contribution < -0.4 is 0 Å². The first-order valence-electron chi connectivity index (χ1n) is 5.21. The molecule has 0 bridgehead atoms. The molecule has 0 saturated carbocycles. The van der Waals surface area contributed by atoms with Gasteiger partial charge in [-0.1, -0.05) is 0 Å². The summed E-state index contributed by atoms with van der Waals surface area (Å²) < 4.78 is 12.7. The van der Waals surface area contributed by atoms with Crippen LogP contribution in [0.25, 0.3) is 0 Å². The molecule has 2 amide bonds. The maximum atomic E-state index is 12.7. The summed E-state index contributed by atoms with van der Waals surface area (Å²) >= 11 is 0. The van der Waals surface area contributed by atoms with E-state index in [1.165, 1.54) is 19.1 Å². The van der Waals surface area contributed by atoms with Crippen LogP contribution >= 0.6 is 0 Å². The second kappa shape index (κ2) is 5.90. The van der Waals surface area contributed by atoms with Crippen molar-refractivity contribution in [2.45, 2.75) is 13.3 Å². The fourth-order valence-electron chi connectivity index (χ4n) is 1.36. The highest BCUT2D eigenvalue weighted by atomic mass is 19.1. The predicted octanol–water partition coefficient (Wildman–Crippen LogP) is 1.29. The van der Waals surface area contributed by atoms with Gasteiger partial charge in [0.05, 0.1) is 6.42 Å². The van der Waals surface area contributed by atoms with Gasteiger partial charge in [0, 0.05) is 19.0 Å². The van der Waals surface area contributed by atoms with Crippen molar-refractivity contribution in [2.75, 3.05) is 6.54 Å². The van der Waals surface area contributed by atoms with Crippen molar-refractivity contribution >= 4 is 17.8 Å². The first-order chi connectivity index (χ1) is 8.41. The average Bonchev–Trinajstić information content (AvgIpc) is 2.29. The number of halogens is 1. The summed E-state index contributed by atoms with van der Waals surface area (Å²) in [5, 5.41) is 8.53. The quantitative estimate of drug-likeness (QED) is 0.877. The molecule has 1 aromatic carbocycles. The van der Waals surface area contributed by atoms with E-state index in [9.17, 15) is 18.8 Å². The van der Waals surface area contributed by atoms with Gasteiger partial charge in [-0.15, -0.1) is 0 Å². The van der Waals surface area contributed by atoms with E-state index in [0.29, 0.717) is 0 Å². The zero-order valence-corrected chi connectivity index (χ0v) is 9.72. The fourth-order valence-corrected chi connectivity index (χ4v) is 1.36. The van der Waals surface area contributed by atoms with E-state index >= 15 is 0 Å². The van der Waals surface area contributed by atoms with E-state index in [4.69, 9.17) is 5.11 Å². The molecule has 1 aromatic rings. The summed E-state index contributed by atoms with van der Waals surface area (Å²) in [6.07, 6.45) is -0.327. The molecule has 18 heavy (non-hydrogen) atoms. The molecule has 0 heterocycles. The van der Waals surface area contributed by atoms with Gasteiger partial charge in [-0.25, -0.2) is 4.39 Å². The lowest BCUT2D eigenvalue weighted by Crippen LogP contribution is -2.36. The number of nitrogens with zero attached hydrogens (tertiary/aromatic N) is 1. The molecule has 96 valence electrons. The van der Waals surface area contributed by atoms with E-state index in [1.807, 2.05) is 0 Å². The molecule has 0 spiro atoms. The number of aliphatic carboxylic acids is 1. The fraction of sp³-hybridized carbons (Fsp3) is 0.250. The van der Waals surface area contributed by atoms with Crippen LogP contribution in [0, 0.1) is 5.82 Å². The van der Waals surface area contributed by atoms with Crippen molar-refractivity contribution in [2.24, 2.45) is 0 Å². The van der Waals surface area contributed by atoms with Crippen molar-refractivity contribution in [1.29, 1.82) is 0 Å². The number of hydrogen-bond acceptors (Lipinski definition) is 3. The number of hydrogen-bond donors (Lipinski definition) is 1. The molecule has 0 radical (unpaired) electrons. The Hall–Kier alpha value is -2.24. The number of imide groups is 1. The van der Waals surface area contributed by atoms with E-state index in [-0.39, 0.29) is 18.5 Å². The lowest BCUT2D eigenvalue weighted by molar-refractivity contribution is -0.137. The Bertz CT molecular complexity index is 469. The molecular formula is C12H12FNO4. The second-order valence-corrected chi connectivity index (χ2v) is 3.63. The van der Waals surface area contributed by atoms with Crippen molar-refractivity contribution in [3.63, 3.8) is 0 Å². The van der Waals surface area contributed by atoms with Gasteiger partial charge in [0.2, 0.25) is 5.91 Å². The van der Waals surface area contributed by atoms with Crippen LogP contribution in [0.3, 0.4) is 0 Å². The molecular weight excluding hydrogens is 241 g/mol.